The Morgan fingerprint density at radius 3 is 2.39 bits per heavy atom. The van der Waals surface area contributed by atoms with Crippen molar-refractivity contribution in [3.05, 3.63) is 89.7 Å². The van der Waals surface area contributed by atoms with Gasteiger partial charge in [-0.25, -0.2) is 22.5 Å². The number of halogens is 1. The number of para-hydroxylation sites is 1. The van der Waals surface area contributed by atoms with Gasteiger partial charge in [0.2, 0.25) is 10.0 Å². The zero-order chi connectivity index (χ0) is 25.9. The van der Waals surface area contributed by atoms with E-state index >= 15 is 0 Å². The highest BCUT2D eigenvalue weighted by atomic mass is 32.2. The summed E-state index contributed by atoms with van der Waals surface area (Å²) in [4.78, 5) is 4.34. The maximum atomic E-state index is 14.4. The molecule has 2 atom stereocenters. The Morgan fingerprint density at radius 1 is 1.08 bits per heavy atom. The second kappa shape index (κ2) is 10.3. The molecule has 1 aliphatic rings. The molecule has 0 radical (unpaired) electrons. The number of ether oxygens (including phenoxy) is 2. The second-order valence-electron chi connectivity index (χ2n) is 9.04. The van der Waals surface area contributed by atoms with Crippen molar-refractivity contribution in [3.8, 4) is 16.9 Å². The number of methoxy groups -OCH3 is 1. The topological polar surface area (TPSA) is 97.2 Å². The van der Waals surface area contributed by atoms with Crippen LogP contribution < -0.4 is 9.46 Å². The van der Waals surface area contributed by atoms with Crippen molar-refractivity contribution in [2.24, 2.45) is 4.99 Å². The number of sulfonamides is 1. The van der Waals surface area contributed by atoms with Crippen molar-refractivity contribution in [2.45, 2.75) is 37.2 Å². The number of aliphatic hydroxyl groups excluding tert-OH is 1. The number of aliphatic imine (C=N–C) groups is 1. The van der Waals surface area contributed by atoms with Crippen LogP contribution in [0.1, 0.15) is 42.7 Å². The zero-order valence-corrected chi connectivity index (χ0v) is 21.1. The number of benzene rings is 3. The van der Waals surface area contributed by atoms with E-state index in [1.54, 1.807) is 51.3 Å². The van der Waals surface area contributed by atoms with E-state index in [2.05, 4.69) is 9.71 Å². The lowest BCUT2D eigenvalue weighted by molar-refractivity contribution is 0.0758. The van der Waals surface area contributed by atoms with Gasteiger partial charge in [-0.3, -0.25) is 0 Å². The monoisotopic (exact) mass is 512 g/mol. The molecule has 9 heteroatoms. The molecular weight excluding hydrogens is 483 g/mol. The summed E-state index contributed by atoms with van der Waals surface area (Å²) in [6.07, 6.45) is 0.101. The van der Waals surface area contributed by atoms with Crippen LogP contribution in [0.25, 0.3) is 11.1 Å². The Morgan fingerprint density at radius 2 is 1.75 bits per heavy atom. The lowest BCUT2D eigenvalue weighted by Gasteiger charge is -2.39. The Hall–Kier alpha value is -3.43. The van der Waals surface area contributed by atoms with Gasteiger partial charge in [0.15, 0.2) is 0 Å². The minimum absolute atomic E-state index is 0.101. The lowest BCUT2D eigenvalue weighted by atomic mass is 9.95. The Balaban J connectivity index is 1.65. The highest BCUT2D eigenvalue weighted by molar-refractivity contribution is 7.90. The molecule has 2 unspecified atom stereocenters. The standard InChI is InChI=1S/C27H29FN2O5S/c1-27(2)25(19-14-12-18(13-15-19)20-8-5-7-11-24(20)34-3)36(32,33)30-26(35-27)29-23(16-17-31)21-9-4-6-10-22(21)28/h4-15,23,25,31H,16-17H2,1-3H3,(H,29,30). The van der Waals surface area contributed by atoms with Gasteiger partial charge in [-0.15, -0.1) is 0 Å². The fourth-order valence-corrected chi connectivity index (χ4v) is 6.30. The van der Waals surface area contributed by atoms with Crippen LogP contribution >= 0.6 is 0 Å². The SMILES string of the molecule is COc1ccccc1-c1ccc(C2C(C)(C)OC(=NC(CCO)c3ccccc3F)NS2(=O)=O)cc1. The smallest absolute Gasteiger partial charge is 0.299 e. The van der Waals surface area contributed by atoms with Gasteiger partial charge in [-0.05, 0) is 43.5 Å². The first-order chi connectivity index (χ1) is 17.2. The van der Waals surface area contributed by atoms with Gasteiger partial charge < -0.3 is 14.6 Å². The molecule has 0 spiro atoms. The molecule has 0 aliphatic carbocycles. The van der Waals surface area contributed by atoms with E-state index in [0.717, 1.165) is 11.1 Å². The number of amidine groups is 1. The summed E-state index contributed by atoms with van der Waals surface area (Å²) >= 11 is 0. The van der Waals surface area contributed by atoms with Gasteiger partial charge in [0.25, 0.3) is 6.02 Å². The number of hydrogen-bond donors (Lipinski definition) is 2. The normalized spacial score (nSPS) is 20.2. The van der Waals surface area contributed by atoms with Crippen LogP contribution in [0, 0.1) is 5.82 Å². The quantitative estimate of drug-likeness (QED) is 0.476. The fraction of sp³-hybridized carbons (Fsp3) is 0.296. The molecule has 3 aromatic carbocycles. The molecule has 1 fully saturated rings. The zero-order valence-electron chi connectivity index (χ0n) is 20.3. The largest absolute Gasteiger partial charge is 0.496 e. The van der Waals surface area contributed by atoms with Gasteiger partial charge in [0.1, 0.15) is 22.4 Å². The third-order valence-electron chi connectivity index (χ3n) is 6.10. The number of rotatable bonds is 7. The second-order valence-corrected chi connectivity index (χ2v) is 10.8. The maximum Gasteiger partial charge on any atom is 0.299 e. The number of hydrogen-bond acceptors (Lipinski definition) is 6. The van der Waals surface area contributed by atoms with Gasteiger partial charge in [0, 0.05) is 17.7 Å². The third kappa shape index (κ3) is 5.22. The number of nitrogens with one attached hydrogen (secondary N) is 1. The molecule has 7 nitrogen and oxygen atoms in total. The van der Waals surface area contributed by atoms with E-state index in [1.807, 2.05) is 36.4 Å². The van der Waals surface area contributed by atoms with E-state index in [0.29, 0.717) is 11.3 Å². The average molecular weight is 513 g/mol. The minimum Gasteiger partial charge on any atom is -0.496 e. The average Bonchev–Trinajstić information content (AvgIpc) is 2.83. The van der Waals surface area contributed by atoms with Crippen LogP contribution in [0.15, 0.2) is 77.8 Å². The molecule has 0 amide bonds. The molecule has 36 heavy (non-hydrogen) atoms. The predicted molar refractivity (Wildman–Crippen MR) is 137 cm³/mol. The molecule has 1 heterocycles. The van der Waals surface area contributed by atoms with E-state index in [1.165, 1.54) is 6.07 Å². The van der Waals surface area contributed by atoms with Crippen molar-refractivity contribution in [2.75, 3.05) is 13.7 Å². The first kappa shape index (κ1) is 25.7. The van der Waals surface area contributed by atoms with Crippen molar-refractivity contribution in [1.29, 1.82) is 0 Å². The summed E-state index contributed by atoms with van der Waals surface area (Å²) in [6, 6.07) is 19.8. The summed E-state index contributed by atoms with van der Waals surface area (Å²) in [5.74, 6) is 0.222. The first-order valence-electron chi connectivity index (χ1n) is 11.5. The molecule has 0 bridgehead atoms. The summed E-state index contributed by atoms with van der Waals surface area (Å²) in [7, 11) is -2.36. The van der Waals surface area contributed by atoms with Gasteiger partial charge in [-0.2, -0.15) is 0 Å². The van der Waals surface area contributed by atoms with Crippen LogP contribution in [-0.4, -0.2) is 38.9 Å². The van der Waals surface area contributed by atoms with E-state index in [9.17, 15) is 17.9 Å². The van der Waals surface area contributed by atoms with Crippen molar-refractivity contribution in [1.82, 2.24) is 4.72 Å². The van der Waals surface area contributed by atoms with Gasteiger partial charge in [-0.1, -0.05) is 60.7 Å². The van der Waals surface area contributed by atoms with Gasteiger partial charge >= 0.3 is 0 Å². The Kier molecular flexibility index (Phi) is 7.33. The molecule has 1 aliphatic heterocycles. The van der Waals surface area contributed by atoms with E-state index in [-0.39, 0.29) is 24.6 Å². The van der Waals surface area contributed by atoms with Crippen molar-refractivity contribution < 1.29 is 27.4 Å². The number of aliphatic hydroxyl groups is 1. The van der Waals surface area contributed by atoms with Gasteiger partial charge in [0.05, 0.1) is 13.2 Å². The molecule has 190 valence electrons. The summed E-state index contributed by atoms with van der Waals surface area (Å²) < 4.78 is 55.0. The summed E-state index contributed by atoms with van der Waals surface area (Å²) in [6.45, 7) is 3.08. The lowest BCUT2D eigenvalue weighted by Crippen LogP contribution is -2.53. The van der Waals surface area contributed by atoms with Crippen molar-refractivity contribution in [3.63, 3.8) is 0 Å². The van der Waals surface area contributed by atoms with Crippen molar-refractivity contribution >= 4 is 16.0 Å². The highest BCUT2D eigenvalue weighted by Crippen LogP contribution is 2.40. The third-order valence-corrected chi connectivity index (χ3v) is 8.02. The molecule has 1 saturated heterocycles. The van der Waals surface area contributed by atoms with Crippen LogP contribution in [0.3, 0.4) is 0 Å². The van der Waals surface area contributed by atoms with Crippen LogP contribution in [-0.2, 0) is 14.8 Å². The van der Waals surface area contributed by atoms with E-state index in [4.69, 9.17) is 9.47 Å². The van der Waals surface area contributed by atoms with Crippen LogP contribution in [0.4, 0.5) is 4.39 Å². The molecule has 0 saturated carbocycles. The number of nitrogens with zero attached hydrogens (tertiary/aromatic N) is 1. The molecule has 3 aromatic rings. The molecule has 0 aromatic heterocycles. The minimum atomic E-state index is -3.96. The predicted octanol–water partition coefficient (Wildman–Crippen LogP) is 4.75. The van der Waals surface area contributed by atoms with E-state index < -0.39 is 32.7 Å². The van der Waals surface area contributed by atoms with Crippen LogP contribution in [0.5, 0.6) is 5.75 Å². The fourth-order valence-electron chi connectivity index (χ4n) is 4.53. The Bertz CT molecular complexity index is 1360. The molecular formula is C27H29FN2O5S. The Labute approximate surface area is 210 Å². The van der Waals surface area contributed by atoms with Crippen LogP contribution in [0.2, 0.25) is 0 Å². The summed E-state index contributed by atoms with van der Waals surface area (Å²) in [5.41, 5.74) is 1.38. The first-order valence-corrected chi connectivity index (χ1v) is 13.1. The molecule has 2 N–H and O–H groups in total. The highest BCUT2D eigenvalue weighted by Gasteiger charge is 2.48. The maximum absolute atomic E-state index is 14.4. The summed E-state index contributed by atoms with van der Waals surface area (Å²) in [5, 5.41) is 8.45. The molecule has 4 rings (SSSR count).